The van der Waals surface area contributed by atoms with Crippen LogP contribution in [0, 0.1) is 0 Å². The maximum atomic E-state index is 9.80. The van der Waals surface area contributed by atoms with E-state index in [4.69, 9.17) is 18.9 Å². The summed E-state index contributed by atoms with van der Waals surface area (Å²) in [6.45, 7) is 9.87. The highest BCUT2D eigenvalue weighted by Gasteiger charge is 2.27. The van der Waals surface area contributed by atoms with Crippen LogP contribution in [0.5, 0.6) is 11.5 Å². The molecule has 176 valence electrons. The maximum absolute atomic E-state index is 9.80. The molecule has 3 aliphatic rings. The molecule has 0 atom stereocenters. The fourth-order valence-corrected chi connectivity index (χ4v) is 4.58. The molecule has 1 N–H and O–H groups in total. The Balaban J connectivity index is 1.22. The monoisotopic (exact) mass is 453 g/mol. The molecular weight excluding hydrogens is 422 g/mol. The van der Waals surface area contributed by atoms with Crippen LogP contribution in [0.25, 0.3) is 11.1 Å². The molecule has 0 bridgehead atoms. The Labute approximate surface area is 194 Å². The van der Waals surface area contributed by atoms with Crippen molar-refractivity contribution >= 4 is 5.71 Å². The lowest BCUT2D eigenvalue weighted by Crippen LogP contribution is -2.38. The zero-order valence-corrected chi connectivity index (χ0v) is 18.9. The first-order valence-electron chi connectivity index (χ1n) is 11.7. The van der Waals surface area contributed by atoms with Gasteiger partial charge in [-0.2, -0.15) is 0 Å². The second-order valence-corrected chi connectivity index (χ2v) is 8.47. The van der Waals surface area contributed by atoms with Crippen LogP contribution in [0.2, 0.25) is 0 Å². The first-order valence-corrected chi connectivity index (χ1v) is 11.7. The molecule has 2 aliphatic heterocycles. The predicted molar refractivity (Wildman–Crippen MR) is 125 cm³/mol. The minimum absolute atomic E-state index is 0.553. The minimum Gasteiger partial charge on any atom is -0.492 e. The molecule has 5 rings (SSSR count). The molecule has 8 nitrogen and oxygen atoms in total. The molecule has 1 aliphatic carbocycles. The van der Waals surface area contributed by atoms with Gasteiger partial charge in [0.25, 0.3) is 0 Å². The van der Waals surface area contributed by atoms with E-state index in [1.165, 1.54) is 0 Å². The first kappa shape index (κ1) is 22.2. The molecule has 0 unspecified atom stereocenters. The number of fused-ring (bicyclic) bond motifs is 3. The molecular formula is C25H31N3O5. The first-order chi connectivity index (χ1) is 16.3. The number of ether oxygens (including phenoxy) is 4. The molecule has 2 fully saturated rings. The number of hydrogen-bond acceptors (Lipinski definition) is 8. The second kappa shape index (κ2) is 10.5. The topological polar surface area (TPSA) is 76.0 Å². The number of benzene rings is 2. The number of morpholine rings is 2. The van der Waals surface area contributed by atoms with E-state index in [1.807, 2.05) is 36.4 Å². The summed E-state index contributed by atoms with van der Waals surface area (Å²) >= 11 is 0. The molecule has 8 heteroatoms. The van der Waals surface area contributed by atoms with Crippen molar-refractivity contribution in [2.45, 2.75) is 0 Å². The van der Waals surface area contributed by atoms with Crippen LogP contribution in [-0.4, -0.2) is 99.6 Å². The Hall–Kier alpha value is -2.65. The van der Waals surface area contributed by atoms with Crippen LogP contribution < -0.4 is 9.47 Å². The van der Waals surface area contributed by atoms with Crippen molar-refractivity contribution in [2.24, 2.45) is 5.16 Å². The van der Waals surface area contributed by atoms with Crippen LogP contribution in [0.1, 0.15) is 11.1 Å². The summed E-state index contributed by atoms with van der Waals surface area (Å²) in [5, 5.41) is 13.4. The van der Waals surface area contributed by atoms with E-state index in [1.54, 1.807) is 0 Å². The van der Waals surface area contributed by atoms with Crippen molar-refractivity contribution in [2.75, 3.05) is 78.9 Å². The molecule has 0 saturated carbocycles. The number of rotatable bonds is 8. The molecule has 2 aromatic rings. The van der Waals surface area contributed by atoms with E-state index in [-0.39, 0.29) is 0 Å². The Morgan fingerprint density at radius 3 is 1.58 bits per heavy atom. The van der Waals surface area contributed by atoms with Crippen LogP contribution in [0.3, 0.4) is 0 Å². The molecule has 33 heavy (non-hydrogen) atoms. The average Bonchev–Trinajstić information content (AvgIpc) is 3.17. The standard InChI is InChI=1S/C25H31N3O5/c29-26-25-23-17-19(32-15-9-27-5-11-30-12-6-27)1-3-21(23)22-4-2-20(18-24(22)25)33-16-10-28-7-13-31-14-8-28/h1-4,17-18,29H,5-16H2. The quantitative estimate of drug-likeness (QED) is 0.414. The third kappa shape index (κ3) is 5.14. The maximum Gasteiger partial charge on any atom is 0.120 e. The minimum atomic E-state index is 0.553. The summed E-state index contributed by atoms with van der Waals surface area (Å²) < 4.78 is 22.8. The van der Waals surface area contributed by atoms with E-state index in [0.29, 0.717) is 18.9 Å². The van der Waals surface area contributed by atoms with Crippen molar-refractivity contribution in [3.05, 3.63) is 47.5 Å². The zero-order valence-electron chi connectivity index (χ0n) is 18.9. The van der Waals surface area contributed by atoms with Gasteiger partial charge in [-0.1, -0.05) is 5.16 Å². The van der Waals surface area contributed by atoms with Gasteiger partial charge in [0.2, 0.25) is 0 Å². The number of nitrogens with zero attached hydrogens (tertiary/aromatic N) is 3. The zero-order chi connectivity index (χ0) is 22.5. The highest BCUT2D eigenvalue weighted by Crippen LogP contribution is 2.40. The molecule has 0 aromatic heterocycles. The summed E-state index contributed by atoms with van der Waals surface area (Å²) in [5.41, 5.74) is 4.39. The predicted octanol–water partition coefficient (Wildman–Crippen LogP) is 2.32. The SMILES string of the molecule is ON=C1c2cc(OCCN3CCOCC3)ccc2-c2ccc(OCCN3CCOCC3)cc21. The summed E-state index contributed by atoms with van der Waals surface area (Å²) in [5.74, 6) is 1.55. The fourth-order valence-electron chi connectivity index (χ4n) is 4.58. The van der Waals surface area contributed by atoms with E-state index in [0.717, 1.165) is 99.4 Å². The van der Waals surface area contributed by atoms with Gasteiger partial charge in [-0.05, 0) is 47.5 Å². The van der Waals surface area contributed by atoms with Gasteiger partial charge >= 0.3 is 0 Å². The number of oxime groups is 1. The second-order valence-electron chi connectivity index (χ2n) is 8.47. The third-order valence-electron chi connectivity index (χ3n) is 6.44. The van der Waals surface area contributed by atoms with E-state index in [9.17, 15) is 5.21 Å². The lowest BCUT2D eigenvalue weighted by atomic mass is 10.1. The summed E-state index contributed by atoms with van der Waals surface area (Å²) in [4.78, 5) is 4.68. The molecule has 0 radical (unpaired) electrons. The summed E-state index contributed by atoms with van der Waals surface area (Å²) in [6, 6.07) is 12.0. The average molecular weight is 454 g/mol. The van der Waals surface area contributed by atoms with Crippen LogP contribution in [-0.2, 0) is 9.47 Å². The molecule has 2 heterocycles. The Morgan fingerprint density at radius 2 is 1.15 bits per heavy atom. The van der Waals surface area contributed by atoms with Crippen molar-refractivity contribution in [1.82, 2.24) is 9.80 Å². The van der Waals surface area contributed by atoms with Gasteiger partial charge < -0.3 is 24.2 Å². The van der Waals surface area contributed by atoms with Gasteiger partial charge in [0.1, 0.15) is 30.4 Å². The smallest absolute Gasteiger partial charge is 0.120 e. The summed E-state index contributed by atoms with van der Waals surface area (Å²) in [7, 11) is 0. The Morgan fingerprint density at radius 1 is 0.697 bits per heavy atom. The molecule has 0 spiro atoms. The normalized spacial score (nSPS) is 18.6. The lowest BCUT2D eigenvalue weighted by Gasteiger charge is -2.26. The van der Waals surface area contributed by atoms with Crippen LogP contribution in [0.15, 0.2) is 41.6 Å². The van der Waals surface area contributed by atoms with Crippen molar-refractivity contribution in [3.63, 3.8) is 0 Å². The van der Waals surface area contributed by atoms with Crippen molar-refractivity contribution in [1.29, 1.82) is 0 Å². The largest absolute Gasteiger partial charge is 0.492 e. The third-order valence-corrected chi connectivity index (χ3v) is 6.44. The van der Waals surface area contributed by atoms with Crippen LogP contribution >= 0.6 is 0 Å². The Kier molecular flexibility index (Phi) is 7.06. The van der Waals surface area contributed by atoms with Gasteiger partial charge in [-0.25, -0.2) is 0 Å². The van der Waals surface area contributed by atoms with Gasteiger partial charge in [0.05, 0.1) is 26.4 Å². The fraction of sp³-hybridized carbons (Fsp3) is 0.480. The summed E-state index contributed by atoms with van der Waals surface area (Å²) in [6.07, 6.45) is 0. The van der Waals surface area contributed by atoms with Gasteiger partial charge in [-0.3, -0.25) is 9.80 Å². The molecule has 2 saturated heterocycles. The van der Waals surface area contributed by atoms with Gasteiger partial charge in [-0.15, -0.1) is 0 Å². The lowest BCUT2D eigenvalue weighted by molar-refractivity contribution is 0.0321. The van der Waals surface area contributed by atoms with E-state index >= 15 is 0 Å². The van der Waals surface area contributed by atoms with E-state index < -0.39 is 0 Å². The molecule has 0 amide bonds. The van der Waals surface area contributed by atoms with Crippen LogP contribution in [0.4, 0.5) is 0 Å². The highest BCUT2D eigenvalue weighted by molar-refractivity contribution is 6.24. The van der Waals surface area contributed by atoms with Gasteiger partial charge in [0, 0.05) is 50.4 Å². The van der Waals surface area contributed by atoms with E-state index in [2.05, 4.69) is 15.0 Å². The molecule has 2 aromatic carbocycles. The highest BCUT2D eigenvalue weighted by atomic mass is 16.5. The van der Waals surface area contributed by atoms with Crippen molar-refractivity contribution < 1.29 is 24.2 Å². The van der Waals surface area contributed by atoms with Crippen molar-refractivity contribution in [3.8, 4) is 22.6 Å². The van der Waals surface area contributed by atoms with Gasteiger partial charge in [0.15, 0.2) is 0 Å². The Bertz CT molecular complexity index is 909. The number of hydrogen-bond donors (Lipinski definition) is 1.